The van der Waals surface area contributed by atoms with Crippen LogP contribution in [0, 0.1) is 0 Å². The monoisotopic (exact) mass is 894 g/mol. The molecule has 0 amide bonds. The molecular weight excluding hydrogens is 853 g/mol. The molecule has 0 aliphatic rings. The molecule has 0 unspecified atom stereocenters. The smallest absolute Gasteiger partial charge is 0.135 e. The zero-order chi connectivity index (χ0) is 46.1. The summed E-state index contributed by atoms with van der Waals surface area (Å²) in [5.74, 6) is 0. The fraction of sp³-hybridized carbons (Fsp3) is 0. The fourth-order valence-electron chi connectivity index (χ4n) is 10.5. The van der Waals surface area contributed by atoms with E-state index in [0.717, 1.165) is 88.9 Å². The summed E-state index contributed by atoms with van der Waals surface area (Å²) >= 11 is 0. The molecule has 0 atom stereocenters. The van der Waals surface area contributed by atoms with E-state index in [2.05, 4.69) is 240 Å². The van der Waals surface area contributed by atoms with Gasteiger partial charge in [-0.15, -0.1) is 0 Å². The minimum atomic E-state index is 0.908. The van der Waals surface area contributed by atoms with Crippen LogP contribution in [0.25, 0.3) is 116 Å². The third-order valence-electron chi connectivity index (χ3n) is 14.1. The molecule has 3 heterocycles. The third-order valence-corrected chi connectivity index (χ3v) is 14.1. The van der Waals surface area contributed by atoms with Crippen molar-refractivity contribution in [3.8, 4) is 50.2 Å². The molecule has 4 heteroatoms. The maximum absolute atomic E-state index is 6.10. The summed E-state index contributed by atoms with van der Waals surface area (Å²) in [5.41, 5.74) is 19.7. The van der Waals surface area contributed by atoms with Crippen molar-refractivity contribution in [3.63, 3.8) is 0 Å². The lowest BCUT2D eigenvalue weighted by Gasteiger charge is -2.26. The van der Waals surface area contributed by atoms with Gasteiger partial charge in [0.1, 0.15) is 22.3 Å². The van der Waals surface area contributed by atoms with Crippen molar-refractivity contribution >= 4 is 82.7 Å². The molecular formula is C66H42N2O2. The van der Waals surface area contributed by atoms with Gasteiger partial charge in [0.05, 0.1) is 11.0 Å². The minimum Gasteiger partial charge on any atom is -0.456 e. The summed E-state index contributed by atoms with van der Waals surface area (Å²) in [6, 6.07) is 91.3. The second-order valence-electron chi connectivity index (χ2n) is 18.1. The van der Waals surface area contributed by atoms with Gasteiger partial charge in [-0.3, -0.25) is 0 Å². The first kappa shape index (κ1) is 39.8. The predicted molar refractivity (Wildman–Crippen MR) is 292 cm³/mol. The van der Waals surface area contributed by atoms with Crippen LogP contribution in [-0.2, 0) is 0 Å². The van der Waals surface area contributed by atoms with Gasteiger partial charge in [0.15, 0.2) is 0 Å². The highest BCUT2D eigenvalue weighted by Gasteiger charge is 2.17. The Morgan fingerprint density at radius 2 is 0.543 bits per heavy atom. The molecule has 0 saturated heterocycles. The van der Waals surface area contributed by atoms with Crippen LogP contribution in [0.15, 0.2) is 264 Å². The second-order valence-corrected chi connectivity index (χ2v) is 18.1. The van der Waals surface area contributed by atoms with E-state index >= 15 is 0 Å². The number of fused-ring (bicyclic) bond motifs is 9. The highest BCUT2D eigenvalue weighted by molar-refractivity contribution is 6.10. The maximum Gasteiger partial charge on any atom is 0.135 e. The summed E-state index contributed by atoms with van der Waals surface area (Å²) in [6.45, 7) is 0. The standard InChI is InChI=1S/C66H42N2O2/c1-5-13-61-55(9-1)56-10-2-6-14-62(56)68(61)54-37-35-53(36-38-54)67(51-31-25-45(26-32-51)43-17-21-47(22-18-43)49-29-39-65-59(41-49)57-11-3-7-15-63(57)69-65)52-33-27-46(28-34-52)44-19-23-48(24-20-44)50-30-40-66-60(42-50)58-12-4-8-16-64(58)70-66/h1-42H. The number of aromatic nitrogens is 1. The predicted octanol–water partition coefficient (Wildman–Crippen LogP) is 18.7. The quantitative estimate of drug-likeness (QED) is 0.152. The molecule has 0 N–H and O–H groups in total. The molecule has 11 aromatic carbocycles. The number of benzene rings is 11. The van der Waals surface area contributed by atoms with Crippen molar-refractivity contribution in [2.45, 2.75) is 0 Å². The number of rotatable bonds is 8. The van der Waals surface area contributed by atoms with Crippen LogP contribution in [-0.4, -0.2) is 4.57 Å². The van der Waals surface area contributed by atoms with Gasteiger partial charge in [-0.1, -0.05) is 158 Å². The second kappa shape index (κ2) is 16.2. The molecule has 4 nitrogen and oxygen atoms in total. The van der Waals surface area contributed by atoms with E-state index in [1.807, 2.05) is 24.3 Å². The number of anilines is 3. The summed E-state index contributed by atoms with van der Waals surface area (Å²) in [4.78, 5) is 2.35. The lowest BCUT2D eigenvalue weighted by atomic mass is 9.98. The van der Waals surface area contributed by atoms with Crippen LogP contribution < -0.4 is 4.90 Å². The van der Waals surface area contributed by atoms with E-state index in [1.165, 1.54) is 44.1 Å². The Labute approximate surface area is 404 Å². The SMILES string of the molecule is c1ccc2c(c1)oc1ccc(-c3ccc(-c4ccc(N(c5ccc(-c6ccc(-c7ccc8oc9ccccc9c8c7)cc6)cc5)c5ccc(-n6c7ccccc7c7ccccc76)cc5)cc4)cc3)cc12. The lowest BCUT2D eigenvalue weighted by Crippen LogP contribution is -2.10. The van der Waals surface area contributed by atoms with Crippen molar-refractivity contribution in [1.29, 1.82) is 0 Å². The molecule has 0 bridgehead atoms. The number of hydrogen-bond acceptors (Lipinski definition) is 3. The van der Waals surface area contributed by atoms with Crippen molar-refractivity contribution in [2.75, 3.05) is 4.90 Å². The van der Waals surface area contributed by atoms with Crippen LogP contribution in [0.3, 0.4) is 0 Å². The van der Waals surface area contributed by atoms with E-state index < -0.39 is 0 Å². The first-order valence-corrected chi connectivity index (χ1v) is 23.8. The van der Waals surface area contributed by atoms with E-state index in [4.69, 9.17) is 8.83 Å². The van der Waals surface area contributed by atoms with Crippen molar-refractivity contribution in [2.24, 2.45) is 0 Å². The summed E-state index contributed by atoms with van der Waals surface area (Å²) in [6.07, 6.45) is 0. The molecule has 0 spiro atoms. The van der Waals surface area contributed by atoms with Gasteiger partial charge in [-0.2, -0.15) is 0 Å². The topological polar surface area (TPSA) is 34.5 Å². The molecule has 0 aliphatic carbocycles. The summed E-state index contributed by atoms with van der Waals surface area (Å²) < 4.78 is 14.6. The van der Waals surface area contributed by atoms with Crippen molar-refractivity contribution < 1.29 is 8.83 Å². The molecule has 0 fully saturated rings. The Balaban J connectivity index is 0.788. The Morgan fingerprint density at radius 1 is 0.243 bits per heavy atom. The molecule has 0 radical (unpaired) electrons. The highest BCUT2D eigenvalue weighted by Crippen LogP contribution is 2.40. The van der Waals surface area contributed by atoms with Crippen LogP contribution in [0.5, 0.6) is 0 Å². The van der Waals surface area contributed by atoms with Gasteiger partial charge in [0, 0.05) is 55.1 Å². The van der Waals surface area contributed by atoms with Crippen LogP contribution in [0.1, 0.15) is 0 Å². The van der Waals surface area contributed by atoms with Crippen LogP contribution >= 0.6 is 0 Å². The zero-order valence-corrected chi connectivity index (χ0v) is 38.0. The Hall–Kier alpha value is -9.38. The molecule has 0 saturated carbocycles. The van der Waals surface area contributed by atoms with E-state index in [0.29, 0.717) is 0 Å². The summed E-state index contributed by atoms with van der Waals surface area (Å²) in [5, 5.41) is 7.05. The number of furan rings is 2. The highest BCUT2D eigenvalue weighted by atomic mass is 16.3. The fourth-order valence-corrected chi connectivity index (χ4v) is 10.5. The molecule has 70 heavy (non-hydrogen) atoms. The first-order chi connectivity index (χ1) is 34.7. The van der Waals surface area contributed by atoms with Gasteiger partial charge in [-0.05, 0) is 142 Å². The zero-order valence-electron chi connectivity index (χ0n) is 38.0. The van der Waals surface area contributed by atoms with Crippen molar-refractivity contribution in [1.82, 2.24) is 4.57 Å². The van der Waals surface area contributed by atoms with E-state index in [9.17, 15) is 0 Å². The van der Waals surface area contributed by atoms with Crippen LogP contribution in [0.2, 0.25) is 0 Å². The van der Waals surface area contributed by atoms with Gasteiger partial charge in [0.25, 0.3) is 0 Å². The normalized spacial score (nSPS) is 11.7. The Morgan fingerprint density at radius 3 is 0.957 bits per heavy atom. The lowest BCUT2D eigenvalue weighted by molar-refractivity contribution is 0.668. The molecule has 14 aromatic rings. The van der Waals surface area contributed by atoms with Gasteiger partial charge < -0.3 is 18.3 Å². The van der Waals surface area contributed by atoms with Gasteiger partial charge in [0.2, 0.25) is 0 Å². The van der Waals surface area contributed by atoms with Gasteiger partial charge in [-0.25, -0.2) is 0 Å². The number of para-hydroxylation sites is 4. The average Bonchev–Trinajstić information content (AvgIpc) is 4.11. The van der Waals surface area contributed by atoms with E-state index in [-0.39, 0.29) is 0 Å². The van der Waals surface area contributed by atoms with Crippen molar-refractivity contribution in [3.05, 3.63) is 255 Å². The number of hydrogen-bond donors (Lipinski definition) is 0. The Bertz CT molecular complexity index is 4000. The van der Waals surface area contributed by atoms with Crippen LogP contribution in [0.4, 0.5) is 17.1 Å². The average molecular weight is 895 g/mol. The largest absolute Gasteiger partial charge is 0.456 e. The molecule has 3 aromatic heterocycles. The molecule has 328 valence electrons. The minimum absolute atomic E-state index is 0.908. The molecule has 14 rings (SSSR count). The summed E-state index contributed by atoms with van der Waals surface area (Å²) in [7, 11) is 0. The molecule has 0 aliphatic heterocycles. The first-order valence-electron chi connectivity index (χ1n) is 23.8. The number of nitrogens with zero attached hydrogens (tertiary/aromatic N) is 2. The third kappa shape index (κ3) is 6.69. The maximum atomic E-state index is 6.10. The Kier molecular flexibility index (Phi) is 9.17. The van der Waals surface area contributed by atoms with E-state index in [1.54, 1.807) is 0 Å². The van der Waals surface area contributed by atoms with Gasteiger partial charge >= 0.3 is 0 Å².